The third-order valence-electron chi connectivity index (χ3n) is 3.68. The number of anilines is 1. The van der Waals surface area contributed by atoms with Gasteiger partial charge in [0.1, 0.15) is 0 Å². The summed E-state index contributed by atoms with van der Waals surface area (Å²) in [6.07, 6.45) is 4.96. The number of nitrogens with two attached hydrogens (primary N) is 1. The Morgan fingerprint density at radius 1 is 1.59 bits per heavy atom. The van der Waals surface area contributed by atoms with Crippen molar-refractivity contribution in [1.29, 1.82) is 0 Å². The van der Waals surface area contributed by atoms with E-state index in [1.807, 2.05) is 4.90 Å². The highest BCUT2D eigenvalue weighted by Crippen LogP contribution is 2.29. The normalized spacial score (nSPS) is 25.0. The van der Waals surface area contributed by atoms with Gasteiger partial charge in [-0.2, -0.15) is 0 Å². The predicted octanol–water partition coefficient (Wildman–Crippen LogP) is 2.17. The molecule has 0 spiro atoms. The molecule has 1 aliphatic heterocycles. The highest BCUT2D eigenvalue weighted by Gasteiger charge is 2.28. The third-order valence-corrected chi connectivity index (χ3v) is 3.68. The van der Waals surface area contributed by atoms with Crippen LogP contribution >= 0.6 is 0 Å². The number of aromatic nitrogens is 1. The first-order valence-corrected chi connectivity index (χ1v) is 6.33. The van der Waals surface area contributed by atoms with Gasteiger partial charge in [0, 0.05) is 25.3 Å². The monoisotopic (exact) mass is 237 g/mol. The molecule has 1 fully saturated rings. The lowest BCUT2D eigenvalue weighted by Crippen LogP contribution is -2.47. The van der Waals surface area contributed by atoms with Gasteiger partial charge in [0.25, 0.3) is 0 Å². The Balaban J connectivity index is 2.18. The average Bonchev–Trinajstić information content (AvgIpc) is 2.38. The van der Waals surface area contributed by atoms with Gasteiger partial charge < -0.3 is 10.6 Å². The van der Waals surface area contributed by atoms with Gasteiger partial charge >= 0.3 is 0 Å². The second kappa shape index (κ2) is 5.45. The fourth-order valence-electron chi connectivity index (χ4n) is 2.60. The summed E-state index contributed by atoms with van der Waals surface area (Å²) in [6.45, 7) is 3.62. The fraction of sp³-hybridized carbons (Fsp3) is 0.615. The molecule has 0 bridgehead atoms. The van der Waals surface area contributed by atoms with Crippen LogP contribution in [0.25, 0.3) is 0 Å². The van der Waals surface area contributed by atoms with E-state index in [0.717, 1.165) is 19.4 Å². The Morgan fingerprint density at radius 3 is 3.06 bits per heavy atom. The molecule has 17 heavy (non-hydrogen) atoms. The molecule has 2 unspecified atom stereocenters. The molecule has 3 nitrogen and oxygen atoms in total. The number of piperidine rings is 1. The maximum Gasteiger partial charge on any atom is 0.165 e. The fourth-order valence-corrected chi connectivity index (χ4v) is 2.60. The number of halogens is 1. The molecule has 1 aromatic heterocycles. The third kappa shape index (κ3) is 2.57. The highest BCUT2D eigenvalue weighted by atomic mass is 19.1. The molecule has 1 aliphatic rings. The number of pyridine rings is 1. The van der Waals surface area contributed by atoms with E-state index < -0.39 is 0 Å². The molecule has 1 aromatic rings. The van der Waals surface area contributed by atoms with Crippen molar-refractivity contribution in [3.05, 3.63) is 24.1 Å². The minimum atomic E-state index is -0.249. The molecule has 2 atom stereocenters. The van der Waals surface area contributed by atoms with Gasteiger partial charge in [-0.3, -0.25) is 0 Å². The molecule has 0 amide bonds. The number of rotatable bonds is 3. The summed E-state index contributed by atoms with van der Waals surface area (Å²) in [5.41, 5.74) is 5.81. The van der Waals surface area contributed by atoms with Crippen LogP contribution in [0, 0.1) is 11.7 Å². The van der Waals surface area contributed by atoms with Crippen molar-refractivity contribution in [3.8, 4) is 0 Å². The first-order valence-electron chi connectivity index (χ1n) is 6.33. The van der Waals surface area contributed by atoms with Crippen molar-refractivity contribution in [3.63, 3.8) is 0 Å². The maximum absolute atomic E-state index is 13.7. The summed E-state index contributed by atoms with van der Waals surface area (Å²) >= 11 is 0. The smallest absolute Gasteiger partial charge is 0.165 e. The summed E-state index contributed by atoms with van der Waals surface area (Å²) in [4.78, 5) is 6.18. The van der Waals surface area contributed by atoms with Crippen molar-refractivity contribution in [1.82, 2.24) is 4.98 Å². The van der Waals surface area contributed by atoms with Crippen LogP contribution in [0.5, 0.6) is 0 Å². The molecule has 4 heteroatoms. The van der Waals surface area contributed by atoms with Crippen molar-refractivity contribution in [2.45, 2.75) is 32.2 Å². The molecule has 94 valence electrons. The Labute approximate surface area is 102 Å². The van der Waals surface area contributed by atoms with Crippen LogP contribution in [0.15, 0.2) is 18.3 Å². The lowest BCUT2D eigenvalue weighted by atomic mass is 9.89. The molecule has 0 saturated carbocycles. The largest absolute Gasteiger partial charge is 0.350 e. The van der Waals surface area contributed by atoms with Crippen LogP contribution in [-0.2, 0) is 0 Å². The molecule has 0 aliphatic carbocycles. The standard InChI is InChI=1S/C13H20FN3/c1-2-10-5-7-17(11(8-10)9-15)13-12(14)4-3-6-16-13/h3-4,6,10-11H,2,5,7-9,15H2,1H3. The van der Waals surface area contributed by atoms with Gasteiger partial charge in [-0.05, 0) is 30.9 Å². The first kappa shape index (κ1) is 12.3. The highest BCUT2D eigenvalue weighted by molar-refractivity contribution is 5.41. The Hall–Kier alpha value is -1.16. The molecule has 2 heterocycles. The van der Waals surface area contributed by atoms with Crippen molar-refractivity contribution < 1.29 is 4.39 Å². The minimum Gasteiger partial charge on any atom is -0.350 e. The van der Waals surface area contributed by atoms with Crippen LogP contribution in [0.4, 0.5) is 10.2 Å². The van der Waals surface area contributed by atoms with Gasteiger partial charge in [0.15, 0.2) is 11.6 Å². The maximum atomic E-state index is 13.7. The van der Waals surface area contributed by atoms with Crippen molar-refractivity contribution in [2.75, 3.05) is 18.0 Å². The van der Waals surface area contributed by atoms with Crippen LogP contribution in [0.2, 0.25) is 0 Å². The van der Waals surface area contributed by atoms with E-state index in [9.17, 15) is 4.39 Å². The molecule has 2 N–H and O–H groups in total. The summed E-state index contributed by atoms with van der Waals surface area (Å²) in [5, 5.41) is 0. The second-order valence-electron chi connectivity index (χ2n) is 4.69. The molecule has 1 saturated heterocycles. The van der Waals surface area contributed by atoms with Crippen molar-refractivity contribution in [2.24, 2.45) is 11.7 Å². The minimum absolute atomic E-state index is 0.220. The molecular weight excluding hydrogens is 217 g/mol. The van der Waals surface area contributed by atoms with Gasteiger partial charge in [-0.25, -0.2) is 9.37 Å². The van der Waals surface area contributed by atoms with E-state index in [0.29, 0.717) is 18.3 Å². The van der Waals surface area contributed by atoms with Gasteiger partial charge in [-0.1, -0.05) is 13.3 Å². The van der Waals surface area contributed by atoms with E-state index in [4.69, 9.17) is 5.73 Å². The van der Waals surface area contributed by atoms with Crippen LogP contribution in [-0.4, -0.2) is 24.1 Å². The van der Waals surface area contributed by atoms with Crippen LogP contribution in [0.3, 0.4) is 0 Å². The lowest BCUT2D eigenvalue weighted by Gasteiger charge is -2.39. The summed E-state index contributed by atoms with van der Waals surface area (Å²) in [6, 6.07) is 3.30. The van der Waals surface area contributed by atoms with Gasteiger partial charge in [0.05, 0.1) is 0 Å². The molecular formula is C13H20FN3. The van der Waals surface area contributed by atoms with Crippen LogP contribution in [0.1, 0.15) is 26.2 Å². The van der Waals surface area contributed by atoms with Crippen LogP contribution < -0.4 is 10.6 Å². The predicted molar refractivity (Wildman–Crippen MR) is 67.4 cm³/mol. The zero-order valence-electron chi connectivity index (χ0n) is 10.3. The van der Waals surface area contributed by atoms with E-state index >= 15 is 0 Å². The second-order valence-corrected chi connectivity index (χ2v) is 4.69. The number of nitrogens with zero attached hydrogens (tertiary/aromatic N) is 2. The quantitative estimate of drug-likeness (QED) is 0.876. The first-order chi connectivity index (χ1) is 8.26. The Morgan fingerprint density at radius 2 is 2.41 bits per heavy atom. The van der Waals surface area contributed by atoms with E-state index in [1.165, 1.54) is 12.5 Å². The average molecular weight is 237 g/mol. The summed E-state index contributed by atoms with van der Waals surface area (Å²) in [5.74, 6) is 0.921. The topological polar surface area (TPSA) is 42.2 Å². The van der Waals surface area contributed by atoms with Gasteiger partial charge in [0.2, 0.25) is 0 Å². The Kier molecular flexibility index (Phi) is 3.94. The van der Waals surface area contributed by atoms with E-state index in [2.05, 4.69) is 11.9 Å². The summed E-state index contributed by atoms with van der Waals surface area (Å²) in [7, 11) is 0. The molecule has 2 rings (SSSR count). The lowest BCUT2D eigenvalue weighted by molar-refractivity contribution is 0.332. The molecule has 0 radical (unpaired) electrons. The zero-order valence-corrected chi connectivity index (χ0v) is 10.3. The number of hydrogen-bond donors (Lipinski definition) is 1. The van der Waals surface area contributed by atoms with E-state index in [-0.39, 0.29) is 11.9 Å². The number of hydrogen-bond acceptors (Lipinski definition) is 3. The Bertz CT molecular complexity index is 369. The zero-order chi connectivity index (χ0) is 12.3. The van der Waals surface area contributed by atoms with Crippen molar-refractivity contribution >= 4 is 5.82 Å². The summed E-state index contributed by atoms with van der Waals surface area (Å²) < 4.78 is 13.7. The van der Waals surface area contributed by atoms with E-state index in [1.54, 1.807) is 12.3 Å². The van der Waals surface area contributed by atoms with Gasteiger partial charge in [-0.15, -0.1) is 0 Å². The molecule has 0 aromatic carbocycles. The SMILES string of the molecule is CCC1CCN(c2ncccc2F)C(CN)C1.